The predicted octanol–water partition coefficient (Wildman–Crippen LogP) is -1.32. The van der Waals surface area contributed by atoms with Crippen molar-refractivity contribution in [1.82, 2.24) is 16.0 Å². The summed E-state index contributed by atoms with van der Waals surface area (Å²) in [5.74, 6) is -2.94. The fraction of sp³-hybridized carbons (Fsp3) is 0.765. The Morgan fingerprint density at radius 3 is 2.19 bits per heavy atom. The molecule has 4 unspecified atom stereocenters. The molecular formula is C17H33N5O5. The maximum Gasteiger partial charge on any atom is 0.325 e. The molecule has 10 heteroatoms. The zero-order chi connectivity index (χ0) is 21.0. The van der Waals surface area contributed by atoms with Gasteiger partial charge in [0.2, 0.25) is 17.7 Å². The molecule has 3 amide bonds. The number of carboxylic acids is 1. The third-order valence-electron chi connectivity index (χ3n) is 4.27. The van der Waals surface area contributed by atoms with E-state index in [1.807, 2.05) is 6.92 Å². The molecule has 0 aromatic rings. The molecule has 0 aliphatic carbocycles. The summed E-state index contributed by atoms with van der Waals surface area (Å²) < 4.78 is 0. The van der Waals surface area contributed by atoms with E-state index in [2.05, 4.69) is 16.0 Å². The van der Waals surface area contributed by atoms with Crippen LogP contribution >= 0.6 is 0 Å². The number of hydrogen-bond donors (Lipinski definition) is 6. The van der Waals surface area contributed by atoms with Gasteiger partial charge in [0.05, 0.1) is 12.6 Å². The van der Waals surface area contributed by atoms with Gasteiger partial charge in [-0.15, -0.1) is 0 Å². The highest BCUT2D eigenvalue weighted by Crippen LogP contribution is 2.09. The summed E-state index contributed by atoms with van der Waals surface area (Å²) in [6.07, 6.45) is 2.57. The van der Waals surface area contributed by atoms with Gasteiger partial charge >= 0.3 is 5.97 Å². The summed E-state index contributed by atoms with van der Waals surface area (Å²) >= 11 is 0. The second-order valence-electron chi connectivity index (χ2n) is 6.61. The average molecular weight is 387 g/mol. The zero-order valence-corrected chi connectivity index (χ0v) is 16.3. The number of carbonyl (C=O) groups is 4. The molecular weight excluding hydrogens is 354 g/mol. The molecule has 0 aliphatic heterocycles. The van der Waals surface area contributed by atoms with Gasteiger partial charge in [-0.3, -0.25) is 19.2 Å². The van der Waals surface area contributed by atoms with E-state index in [4.69, 9.17) is 16.6 Å². The van der Waals surface area contributed by atoms with E-state index in [0.29, 0.717) is 25.8 Å². The van der Waals surface area contributed by atoms with Crippen LogP contribution in [0.15, 0.2) is 0 Å². The van der Waals surface area contributed by atoms with Crippen molar-refractivity contribution in [3.63, 3.8) is 0 Å². The van der Waals surface area contributed by atoms with Gasteiger partial charge in [0, 0.05) is 0 Å². The maximum atomic E-state index is 12.4. The number of amides is 3. The minimum Gasteiger partial charge on any atom is -0.480 e. The summed E-state index contributed by atoms with van der Waals surface area (Å²) in [6, 6.07) is -2.64. The molecule has 10 nitrogen and oxygen atoms in total. The molecule has 0 bridgehead atoms. The van der Waals surface area contributed by atoms with E-state index in [9.17, 15) is 19.2 Å². The van der Waals surface area contributed by atoms with Crippen LogP contribution in [0.25, 0.3) is 0 Å². The van der Waals surface area contributed by atoms with Crippen LogP contribution in [0.3, 0.4) is 0 Å². The van der Waals surface area contributed by atoms with Crippen LogP contribution < -0.4 is 27.4 Å². The van der Waals surface area contributed by atoms with Gasteiger partial charge in [0.15, 0.2) is 0 Å². The number of rotatable bonds is 13. The number of carbonyl (C=O) groups excluding carboxylic acids is 3. The number of aliphatic carboxylic acids is 1. The Morgan fingerprint density at radius 2 is 1.67 bits per heavy atom. The lowest BCUT2D eigenvalue weighted by molar-refractivity contribution is -0.141. The van der Waals surface area contributed by atoms with Crippen LogP contribution in [-0.4, -0.2) is 60.0 Å². The Morgan fingerprint density at radius 1 is 1.04 bits per heavy atom. The Hall–Kier alpha value is -2.20. The van der Waals surface area contributed by atoms with Gasteiger partial charge in [-0.25, -0.2) is 0 Å². The van der Waals surface area contributed by atoms with E-state index >= 15 is 0 Å². The van der Waals surface area contributed by atoms with Crippen LogP contribution in [0.2, 0.25) is 0 Å². The smallest absolute Gasteiger partial charge is 0.325 e. The molecule has 4 atom stereocenters. The first-order chi connectivity index (χ1) is 12.6. The lowest BCUT2D eigenvalue weighted by Gasteiger charge is -2.25. The summed E-state index contributed by atoms with van der Waals surface area (Å²) in [7, 11) is 0. The number of carboxylic acid groups (broad SMARTS) is 1. The van der Waals surface area contributed by atoms with Crippen LogP contribution in [0.4, 0.5) is 0 Å². The first-order valence-corrected chi connectivity index (χ1v) is 9.19. The molecule has 0 fully saturated rings. The molecule has 0 spiro atoms. The number of nitrogens with one attached hydrogen (secondary N) is 3. The van der Waals surface area contributed by atoms with Crippen molar-refractivity contribution in [2.75, 3.05) is 13.1 Å². The molecule has 0 heterocycles. The van der Waals surface area contributed by atoms with Gasteiger partial charge in [-0.1, -0.05) is 26.7 Å². The van der Waals surface area contributed by atoms with Gasteiger partial charge in [-0.2, -0.15) is 0 Å². The maximum absolute atomic E-state index is 12.4. The Labute approximate surface area is 159 Å². The topological polar surface area (TPSA) is 177 Å². The first-order valence-electron chi connectivity index (χ1n) is 9.19. The standard InChI is InChI=1S/C17H33N5O5/c1-4-10(2)14(22-15(24)12(19)7-5-6-8-18)16(25)20-9-13(23)21-11(3)17(26)27/h10-12,14H,4-9,18-19H2,1-3H3,(H,20,25)(H,21,23)(H,22,24)(H,26,27). The zero-order valence-electron chi connectivity index (χ0n) is 16.3. The van der Waals surface area contributed by atoms with Crippen molar-refractivity contribution in [3.05, 3.63) is 0 Å². The average Bonchev–Trinajstić information content (AvgIpc) is 2.63. The van der Waals surface area contributed by atoms with Crippen molar-refractivity contribution in [2.45, 2.75) is 64.6 Å². The third kappa shape index (κ3) is 9.90. The second-order valence-corrected chi connectivity index (χ2v) is 6.61. The Kier molecular flexibility index (Phi) is 12.0. The highest BCUT2D eigenvalue weighted by molar-refractivity contribution is 5.92. The molecule has 8 N–H and O–H groups in total. The molecule has 0 radical (unpaired) electrons. The minimum absolute atomic E-state index is 0.175. The largest absolute Gasteiger partial charge is 0.480 e. The molecule has 156 valence electrons. The summed E-state index contributed by atoms with van der Waals surface area (Å²) in [5.41, 5.74) is 11.3. The van der Waals surface area contributed by atoms with Gasteiger partial charge in [0.1, 0.15) is 12.1 Å². The highest BCUT2D eigenvalue weighted by Gasteiger charge is 2.28. The SMILES string of the molecule is CCC(C)C(NC(=O)C(N)CCCCN)C(=O)NCC(=O)NC(C)C(=O)O. The van der Waals surface area contributed by atoms with E-state index in [1.165, 1.54) is 6.92 Å². The van der Waals surface area contributed by atoms with Crippen molar-refractivity contribution in [2.24, 2.45) is 17.4 Å². The number of unbranched alkanes of at least 4 members (excludes halogenated alkanes) is 1. The molecule has 0 aromatic carbocycles. The van der Waals surface area contributed by atoms with Crippen LogP contribution in [-0.2, 0) is 19.2 Å². The number of hydrogen-bond acceptors (Lipinski definition) is 6. The van der Waals surface area contributed by atoms with Gasteiger partial charge in [0.25, 0.3) is 0 Å². The Balaban J connectivity index is 4.70. The monoisotopic (exact) mass is 387 g/mol. The van der Waals surface area contributed by atoms with Gasteiger partial charge in [-0.05, 0) is 32.2 Å². The Bertz CT molecular complexity index is 514. The van der Waals surface area contributed by atoms with Crippen molar-refractivity contribution in [1.29, 1.82) is 0 Å². The lowest BCUT2D eigenvalue weighted by Crippen LogP contribution is -2.55. The van der Waals surface area contributed by atoms with Crippen molar-refractivity contribution >= 4 is 23.7 Å². The molecule has 0 saturated heterocycles. The third-order valence-corrected chi connectivity index (χ3v) is 4.27. The van der Waals surface area contributed by atoms with Gasteiger partial charge < -0.3 is 32.5 Å². The molecule has 0 aliphatic rings. The molecule has 27 heavy (non-hydrogen) atoms. The fourth-order valence-electron chi connectivity index (χ4n) is 2.23. The highest BCUT2D eigenvalue weighted by atomic mass is 16.4. The second kappa shape index (κ2) is 13.0. The van der Waals surface area contributed by atoms with Crippen molar-refractivity contribution < 1.29 is 24.3 Å². The van der Waals surface area contributed by atoms with Crippen LogP contribution in [0, 0.1) is 5.92 Å². The van der Waals surface area contributed by atoms with Crippen LogP contribution in [0.5, 0.6) is 0 Å². The minimum atomic E-state index is -1.18. The number of nitrogens with two attached hydrogens (primary N) is 2. The van der Waals surface area contributed by atoms with Crippen molar-refractivity contribution in [3.8, 4) is 0 Å². The lowest BCUT2D eigenvalue weighted by atomic mass is 9.97. The first kappa shape index (κ1) is 24.8. The quantitative estimate of drug-likeness (QED) is 0.212. The van der Waals surface area contributed by atoms with E-state index in [0.717, 1.165) is 6.42 Å². The van der Waals surface area contributed by atoms with E-state index < -0.39 is 41.8 Å². The summed E-state index contributed by atoms with van der Waals surface area (Å²) in [6.45, 7) is 5.13. The summed E-state index contributed by atoms with van der Waals surface area (Å²) in [5, 5.41) is 16.1. The van der Waals surface area contributed by atoms with E-state index in [-0.39, 0.29) is 12.5 Å². The molecule has 0 aromatic heterocycles. The molecule has 0 rings (SSSR count). The normalized spacial score (nSPS) is 15.1. The van der Waals surface area contributed by atoms with Crippen LogP contribution in [0.1, 0.15) is 46.5 Å². The van der Waals surface area contributed by atoms with E-state index in [1.54, 1.807) is 6.92 Å². The molecule has 0 saturated carbocycles. The summed E-state index contributed by atoms with van der Waals surface area (Å²) in [4.78, 5) is 47.1. The fourth-order valence-corrected chi connectivity index (χ4v) is 2.23. The predicted molar refractivity (Wildman–Crippen MR) is 101 cm³/mol.